The Labute approximate surface area is 96.8 Å². The molecule has 0 bridgehead atoms. The summed E-state index contributed by atoms with van der Waals surface area (Å²) in [7, 11) is 0. The summed E-state index contributed by atoms with van der Waals surface area (Å²) in [5.41, 5.74) is 2.60. The molecule has 16 heavy (non-hydrogen) atoms. The zero-order valence-corrected chi connectivity index (χ0v) is 9.56. The lowest BCUT2D eigenvalue weighted by Crippen LogP contribution is -2.26. The van der Waals surface area contributed by atoms with E-state index in [9.17, 15) is 0 Å². The summed E-state index contributed by atoms with van der Waals surface area (Å²) < 4.78 is 0. The molecule has 0 saturated carbocycles. The Hall–Kier alpha value is -1.59. The van der Waals surface area contributed by atoms with Gasteiger partial charge in [-0.3, -0.25) is 4.90 Å². The van der Waals surface area contributed by atoms with Crippen LogP contribution in [0.5, 0.6) is 0 Å². The lowest BCUT2D eigenvalue weighted by Gasteiger charge is -2.21. The predicted molar refractivity (Wildman–Crippen MR) is 64.6 cm³/mol. The minimum Gasteiger partial charge on any atom is -0.292 e. The van der Waals surface area contributed by atoms with Crippen LogP contribution in [0.1, 0.15) is 18.9 Å². The maximum atomic E-state index is 8.68. The van der Waals surface area contributed by atoms with Crippen molar-refractivity contribution in [3.05, 3.63) is 47.5 Å². The van der Waals surface area contributed by atoms with Crippen molar-refractivity contribution in [2.24, 2.45) is 0 Å². The van der Waals surface area contributed by atoms with Crippen molar-refractivity contribution >= 4 is 0 Å². The van der Waals surface area contributed by atoms with Gasteiger partial charge < -0.3 is 0 Å². The van der Waals surface area contributed by atoms with E-state index in [0.29, 0.717) is 6.04 Å². The first kappa shape index (κ1) is 10.9. The van der Waals surface area contributed by atoms with Gasteiger partial charge in [-0.2, -0.15) is 5.26 Å². The van der Waals surface area contributed by atoms with E-state index in [2.05, 4.69) is 42.2 Å². The lowest BCUT2D eigenvalue weighted by atomic mass is 10.1. The molecule has 2 heteroatoms. The van der Waals surface area contributed by atoms with Gasteiger partial charge >= 0.3 is 0 Å². The molecular formula is C14H16N2. The minimum atomic E-state index is 0.403. The number of likely N-dealkylation sites (tertiary alicyclic amines) is 1. The molecule has 1 aromatic carbocycles. The lowest BCUT2D eigenvalue weighted by molar-refractivity contribution is 0.273. The van der Waals surface area contributed by atoms with Gasteiger partial charge in [-0.1, -0.05) is 30.3 Å². The number of allylic oxidation sites excluding steroid dienone is 1. The SMILES string of the molecule is CC1/C(=C/C#N)CCN1Cc1ccccc1. The van der Waals surface area contributed by atoms with Gasteiger partial charge in [0.15, 0.2) is 0 Å². The smallest absolute Gasteiger partial charge is 0.0912 e. The molecule has 1 atom stereocenters. The molecule has 1 fully saturated rings. The van der Waals surface area contributed by atoms with Gasteiger partial charge in [-0.15, -0.1) is 0 Å². The average Bonchev–Trinajstić information content (AvgIpc) is 2.64. The average molecular weight is 212 g/mol. The maximum Gasteiger partial charge on any atom is 0.0912 e. The fraction of sp³-hybridized carbons (Fsp3) is 0.357. The number of hydrogen-bond donors (Lipinski definition) is 0. The molecule has 1 unspecified atom stereocenters. The monoisotopic (exact) mass is 212 g/mol. The molecule has 0 spiro atoms. The van der Waals surface area contributed by atoms with Gasteiger partial charge in [0.1, 0.15) is 0 Å². The summed E-state index contributed by atoms with van der Waals surface area (Å²) in [6, 6.07) is 13.0. The highest BCUT2D eigenvalue weighted by atomic mass is 15.2. The van der Waals surface area contributed by atoms with E-state index in [4.69, 9.17) is 5.26 Å². The molecule has 2 nitrogen and oxygen atoms in total. The molecule has 0 radical (unpaired) electrons. The van der Waals surface area contributed by atoms with Crippen LogP contribution in [-0.2, 0) is 6.54 Å². The van der Waals surface area contributed by atoms with Crippen molar-refractivity contribution in [1.82, 2.24) is 4.90 Å². The fourth-order valence-electron chi connectivity index (χ4n) is 2.22. The summed E-state index contributed by atoms with van der Waals surface area (Å²) in [5, 5.41) is 8.68. The molecule has 1 aliphatic heterocycles. The van der Waals surface area contributed by atoms with Crippen LogP contribution in [0, 0.1) is 11.3 Å². The molecular weight excluding hydrogens is 196 g/mol. The van der Waals surface area contributed by atoms with E-state index >= 15 is 0 Å². The molecule has 1 aromatic rings. The zero-order chi connectivity index (χ0) is 11.4. The van der Waals surface area contributed by atoms with Gasteiger partial charge in [0.2, 0.25) is 0 Å². The Morgan fingerprint density at radius 3 is 2.88 bits per heavy atom. The van der Waals surface area contributed by atoms with Crippen LogP contribution in [0.3, 0.4) is 0 Å². The highest BCUT2D eigenvalue weighted by Crippen LogP contribution is 2.24. The van der Waals surface area contributed by atoms with Crippen molar-refractivity contribution in [2.45, 2.75) is 25.9 Å². The third-order valence-corrected chi connectivity index (χ3v) is 3.25. The summed E-state index contributed by atoms with van der Waals surface area (Å²) in [4.78, 5) is 2.42. The van der Waals surface area contributed by atoms with E-state index in [1.54, 1.807) is 6.08 Å². The summed E-state index contributed by atoms with van der Waals surface area (Å²) in [6.07, 6.45) is 2.73. The first-order valence-electron chi connectivity index (χ1n) is 5.68. The van der Waals surface area contributed by atoms with Crippen molar-refractivity contribution in [3.63, 3.8) is 0 Å². The highest BCUT2D eigenvalue weighted by molar-refractivity contribution is 5.23. The van der Waals surface area contributed by atoms with Crippen LogP contribution in [0.4, 0.5) is 0 Å². The summed E-state index contributed by atoms with van der Waals surface area (Å²) >= 11 is 0. The van der Waals surface area contributed by atoms with Crippen LogP contribution in [-0.4, -0.2) is 17.5 Å². The maximum absolute atomic E-state index is 8.68. The molecule has 0 aliphatic carbocycles. The second-order valence-corrected chi connectivity index (χ2v) is 4.23. The molecule has 1 saturated heterocycles. The summed E-state index contributed by atoms with van der Waals surface area (Å²) in [6.45, 7) is 4.22. The number of hydrogen-bond acceptors (Lipinski definition) is 2. The Morgan fingerprint density at radius 2 is 2.19 bits per heavy atom. The zero-order valence-electron chi connectivity index (χ0n) is 9.56. The minimum absolute atomic E-state index is 0.403. The van der Waals surface area contributed by atoms with Crippen LogP contribution in [0.25, 0.3) is 0 Å². The molecule has 0 aromatic heterocycles. The molecule has 0 amide bonds. The second-order valence-electron chi connectivity index (χ2n) is 4.23. The Kier molecular flexibility index (Phi) is 3.38. The van der Waals surface area contributed by atoms with Gasteiger partial charge in [0.05, 0.1) is 6.07 Å². The van der Waals surface area contributed by atoms with Crippen LogP contribution < -0.4 is 0 Å². The molecule has 0 N–H and O–H groups in total. The van der Waals surface area contributed by atoms with Crippen molar-refractivity contribution in [1.29, 1.82) is 5.26 Å². The first-order chi connectivity index (χ1) is 7.81. The largest absolute Gasteiger partial charge is 0.292 e. The summed E-state index contributed by atoms with van der Waals surface area (Å²) in [5.74, 6) is 0. The quantitative estimate of drug-likeness (QED) is 0.705. The number of nitriles is 1. The van der Waals surface area contributed by atoms with Gasteiger partial charge in [-0.05, 0) is 24.5 Å². The predicted octanol–water partition coefficient (Wildman–Crippen LogP) is 2.73. The Bertz CT molecular complexity index is 414. The number of benzene rings is 1. The van der Waals surface area contributed by atoms with Crippen molar-refractivity contribution in [3.8, 4) is 6.07 Å². The third kappa shape index (κ3) is 2.32. The van der Waals surface area contributed by atoms with E-state index in [-0.39, 0.29) is 0 Å². The fourth-order valence-corrected chi connectivity index (χ4v) is 2.22. The van der Waals surface area contributed by atoms with Crippen molar-refractivity contribution in [2.75, 3.05) is 6.54 Å². The topological polar surface area (TPSA) is 27.0 Å². The molecule has 1 heterocycles. The number of nitrogens with zero attached hydrogens (tertiary/aromatic N) is 2. The normalized spacial score (nSPS) is 23.5. The number of rotatable bonds is 2. The van der Waals surface area contributed by atoms with Crippen molar-refractivity contribution < 1.29 is 0 Å². The van der Waals surface area contributed by atoms with Gasteiger partial charge in [-0.25, -0.2) is 0 Å². The van der Waals surface area contributed by atoms with Crippen LogP contribution in [0.2, 0.25) is 0 Å². The highest BCUT2D eigenvalue weighted by Gasteiger charge is 2.24. The Morgan fingerprint density at radius 1 is 1.44 bits per heavy atom. The van der Waals surface area contributed by atoms with Gasteiger partial charge in [0.25, 0.3) is 0 Å². The first-order valence-corrected chi connectivity index (χ1v) is 5.68. The van der Waals surface area contributed by atoms with E-state index in [1.165, 1.54) is 11.1 Å². The Balaban J connectivity index is 2.04. The molecule has 2 rings (SSSR count). The molecule has 1 aliphatic rings. The van der Waals surface area contributed by atoms with Crippen LogP contribution >= 0.6 is 0 Å². The molecule has 82 valence electrons. The van der Waals surface area contributed by atoms with E-state index in [0.717, 1.165) is 19.5 Å². The standard InChI is InChI=1S/C14H16N2/c1-12-14(7-9-15)8-10-16(12)11-13-5-3-2-4-6-13/h2-7,12H,8,10-11H2,1H3/b14-7+. The second kappa shape index (κ2) is 4.96. The third-order valence-electron chi connectivity index (χ3n) is 3.25. The van der Waals surface area contributed by atoms with Crippen LogP contribution in [0.15, 0.2) is 42.0 Å². The van der Waals surface area contributed by atoms with E-state index < -0.39 is 0 Å². The van der Waals surface area contributed by atoms with Gasteiger partial charge in [0, 0.05) is 25.2 Å². The van der Waals surface area contributed by atoms with E-state index in [1.807, 2.05) is 6.07 Å².